The van der Waals surface area contributed by atoms with Gasteiger partial charge in [-0.05, 0) is 286 Å². The van der Waals surface area contributed by atoms with Gasteiger partial charge < -0.3 is 18.9 Å². The highest BCUT2D eigenvalue weighted by Crippen LogP contribution is 2.37. The Hall–Kier alpha value is -6.73. The van der Waals surface area contributed by atoms with Crippen molar-refractivity contribution in [3.05, 3.63) is 334 Å². The molecule has 7 atom stereocenters. The van der Waals surface area contributed by atoms with Gasteiger partial charge in [-0.2, -0.15) is 0 Å². The first kappa shape index (κ1) is 80.4. The molecular formula is C83H66Br5ClFIO8S4+4. The fourth-order valence-electron chi connectivity index (χ4n) is 9.47. The van der Waals surface area contributed by atoms with E-state index in [1.165, 1.54) is 54.9 Å². The average molecular weight is 1900 g/mol. The molecule has 0 fully saturated rings. The van der Waals surface area contributed by atoms with Gasteiger partial charge in [-0.1, -0.05) is 164 Å². The number of benzene rings is 12. The summed E-state index contributed by atoms with van der Waals surface area (Å²) in [5, 5.41) is 0.894. The summed E-state index contributed by atoms with van der Waals surface area (Å²) >= 11 is 24.6. The van der Waals surface area contributed by atoms with Gasteiger partial charge in [0.2, 0.25) is 0 Å². The molecule has 12 rings (SSSR count). The van der Waals surface area contributed by atoms with E-state index in [-0.39, 0.29) is 93.1 Å². The minimum Gasteiger partial charge on any atom is -0.426 e. The molecular weight excluding hydrogens is 1830 g/mol. The Bertz CT molecular complexity index is 4270. The van der Waals surface area contributed by atoms with E-state index in [1.54, 1.807) is 32.9 Å². The second kappa shape index (κ2) is 41.2. The number of alkyl halides is 4. The van der Waals surface area contributed by atoms with Crippen molar-refractivity contribution in [3.8, 4) is 23.0 Å². The second-order valence-electron chi connectivity index (χ2n) is 21.9. The Morgan fingerprint density at radius 3 is 0.806 bits per heavy atom. The summed E-state index contributed by atoms with van der Waals surface area (Å²) in [6.45, 7) is 5.22. The predicted octanol–water partition coefficient (Wildman–Crippen LogP) is 23.7. The standard InChI is InChI=1S/C21H17Br2O2S.C21H17BrFO2S.C21H17BrIO2S.C20H15BrClO2S/c3*1-15(22)21(24)25-17-9-13-20(14-10-17)26(18-5-3-2-4-6-18)19-11-7-16(23)8-12-19;21-14-20(23)24-16-8-12-19(13-9-16)25(17-4-2-1-3-5-17)18-10-6-15(22)7-11-18/h3*2-15H,1H3;1-13H,14H2/q4*+1. The molecule has 8 nitrogen and oxygen atoms in total. The maximum atomic E-state index is 13.3. The maximum absolute atomic E-state index is 13.3. The number of carbonyl (C=O) groups excluding carboxylic acids is 4. The quantitative estimate of drug-likeness (QED) is 0.0244. The summed E-state index contributed by atoms with van der Waals surface area (Å²) in [6.07, 6.45) is 0. The largest absolute Gasteiger partial charge is 0.426 e. The normalized spacial score (nSPS) is 12.7. The van der Waals surface area contributed by atoms with Crippen LogP contribution in [0.25, 0.3) is 0 Å². The first-order valence-corrected chi connectivity index (χ1v) is 42.8. The summed E-state index contributed by atoms with van der Waals surface area (Å²) in [6, 6.07) is 104. The van der Waals surface area contributed by atoms with E-state index in [0.717, 1.165) is 29.1 Å². The minimum atomic E-state index is -0.369. The SMILES string of the molecule is CC(Br)C(=O)Oc1ccc([S+](c2ccccc2)c2ccc(Br)cc2)cc1.CC(Br)C(=O)Oc1ccc([S+](c2ccccc2)c2ccc(F)cc2)cc1.CC(Br)C(=O)Oc1ccc([S+](c2ccccc2)c2ccc(I)cc2)cc1.O=C(CBr)Oc1ccc([S+](c2ccccc2)c2ccc(Cl)cc2)cc1. The van der Waals surface area contributed by atoms with Crippen molar-refractivity contribution in [1.29, 1.82) is 0 Å². The fraction of sp³-hybridized carbons (Fsp3) is 0.0843. The summed E-state index contributed by atoms with van der Waals surface area (Å²) in [5.74, 6) is 0.663. The Kier molecular flexibility index (Phi) is 32.2. The molecule has 0 aliphatic rings. The van der Waals surface area contributed by atoms with Gasteiger partial charge in [0, 0.05) is 13.1 Å². The van der Waals surface area contributed by atoms with Gasteiger partial charge in [-0.15, -0.1) is 0 Å². The van der Waals surface area contributed by atoms with Crippen LogP contribution in [-0.4, -0.2) is 43.7 Å². The minimum absolute atomic E-state index is 0.175. The van der Waals surface area contributed by atoms with Crippen molar-refractivity contribution in [2.45, 2.75) is 94.0 Å². The molecule has 103 heavy (non-hydrogen) atoms. The van der Waals surface area contributed by atoms with Crippen LogP contribution in [0, 0.1) is 9.39 Å². The highest BCUT2D eigenvalue weighted by Gasteiger charge is 2.33. The van der Waals surface area contributed by atoms with Crippen LogP contribution in [0.15, 0.2) is 379 Å². The summed E-state index contributed by atoms with van der Waals surface area (Å²) in [4.78, 5) is 59.7. The second-order valence-corrected chi connectivity index (χ2v) is 37.3. The lowest BCUT2D eigenvalue weighted by Gasteiger charge is -2.09. The van der Waals surface area contributed by atoms with Gasteiger partial charge >= 0.3 is 23.9 Å². The van der Waals surface area contributed by atoms with Crippen molar-refractivity contribution >= 4 is 181 Å². The van der Waals surface area contributed by atoms with Gasteiger partial charge in [0.1, 0.15) is 48.6 Å². The molecule has 0 N–H and O–H groups in total. The number of hydrogen-bond acceptors (Lipinski definition) is 8. The molecule has 12 aromatic carbocycles. The van der Waals surface area contributed by atoms with Crippen molar-refractivity contribution in [1.82, 2.24) is 0 Å². The molecule has 12 aromatic rings. The molecule has 0 spiro atoms. The first-order valence-electron chi connectivity index (χ1n) is 31.7. The van der Waals surface area contributed by atoms with Gasteiger partial charge in [0.15, 0.2) is 58.7 Å². The van der Waals surface area contributed by atoms with Crippen LogP contribution in [-0.2, 0) is 62.8 Å². The Labute approximate surface area is 673 Å². The Balaban J connectivity index is 0.000000160. The molecule has 0 bridgehead atoms. The van der Waals surface area contributed by atoms with Crippen molar-refractivity contribution < 1.29 is 42.5 Å². The Morgan fingerprint density at radius 2 is 0.553 bits per heavy atom. The van der Waals surface area contributed by atoms with Crippen LogP contribution in [0.1, 0.15) is 20.8 Å². The monoisotopic (exact) mass is 1890 g/mol. The van der Waals surface area contributed by atoms with E-state index < -0.39 is 0 Å². The molecule has 0 heterocycles. The number of hydrogen-bond donors (Lipinski definition) is 0. The number of rotatable bonds is 20. The highest BCUT2D eigenvalue weighted by molar-refractivity contribution is 14.1. The number of halogens is 8. The van der Waals surface area contributed by atoms with E-state index in [4.69, 9.17) is 30.5 Å². The van der Waals surface area contributed by atoms with Crippen LogP contribution >= 0.6 is 114 Å². The Morgan fingerprint density at radius 1 is 0.340 bits per heavy atom. The summed E-state index contributed by atoms with van der Waals surface area (Å²) in [7, 11) is -1.05. The van der Waals surface area contributed by atoms with E-state index in [2.05, 4.69) is 236 Å². The third kappa shape index (κ3) is 24.7. The van der Waals surface area contributed by atoms with E-state index in [9.17, 15) is 23.6 Å². The number of ether oxygens (including phenoxy) is 4. The molecule has 0 radical (unpaired) electrons. The predicted molar refractivity (Wildman–Crippen MR) is 443 cm³/mol. The molecule has 0 aromatic heterocycles. The third-order valence-electron chi connectivity index (χ3n) is 14.3. The van der Waals surface area contributed by atoms with Gasteiger partial charge in [-0.25, -0.2) is 4.39 Å². The van der Waals surface area contributed by atoms with Crippen molar-refractivity contribution in [2.75, 3.05) is 5.33 Å². The van der Waals surface area contributed by atoms with E-state index in [1.807, 2.05) is 158 Å². The molecule has 0 aliphatic heterocycles. The van der Waals surface area contributed by atoms with Crippen molar-refractivity contribution in [3.63, 3.8) is 0 Å². The lowest BCUT2D eigenvalue weighted by Crippen LogP contribution is -2.17. The van der Waals surface area contributed by atoms with Crippen LogP contribution < -0.4 is 18.9 Å². The zero-order valence-corrected chi connectivity index (χ0v) is 69.5. The van der Waals surface area contributed by atoms with E-state index in [0.29, 0.717) is 23.0 Å². The van der Waals surface area contributed by atoms with Crippen LogP contribution in [0.5, 0.6) is 23.0 Å². The summed E-state index contributed by atoms with van der Waals surface area (Å²) in [5.41, 5.74) is 0. The highest BCUT2D eigenvalue weighted by atomic mass is 127. The van der Waals surface area contributed by atoms with Crippen LogP contribution in [0.4, 0.5) is 4.39 Å². The van der Waals surface area contributed by atoms with Gasteiger partial charge in [0.25, 0.3) is 0 Å². The smallest absolute Gasteiger partial charge is 0.324 e. The number of esters is 4. The van der Waals surface area contributed by atoms with E-state index >= 15 is 0 Å². The van der Waals surface area contributed by atoms with Crippen molar-refractivity contribution in [2.24, 2.45) is 0 Å². The lowest BCUT2D eigenvalue weighted by atomic mass is 10.3. The molecule has 0 amide bonds. The maximum Gasteiger partial charge on any atom is 0.324 e. The third-order valence-corrected chi connectivity index (χ3v) is 26.3. The first-order chi connectivity index (χ1) is 49.8. The zero-order valence-electron chi connectivity index (χ0n) is 55.4. The topological polar surface area (TPSA) is 105 Å². The lowest BCUT2D eigenvalue weighted by molar-refractivity contribution is -0.134. The molecule has 7 unspecified atom stereocenters. The van der Waals surface area contributed by atoms with Crippen LogP contribution in [0.3, 0.4) is 0 Å². The van der Waals surface area contributed by atoms with Gasteiger partial charge in [0.05, 0.1) is 43.6 Å². The average Bonchev–Trinajstić information content (AvgIpc) is 0.831. The summed E-state index contributed by atoms with van der Waals surface area (Å²) < 4.78 is 36.9. The van der Waals surface area contributed by atoms with Crippen LogP contribution in [0.2, 0.25) is 5.02 Å². The molecule has 522 valence electrons. The van der Waals surface area contributed by atoms with Gasteiger partial charge in [-0.3, -0.25) is 19.2 Å². The molecule has 0 saturated heterocycles. The molecule has 20 heteroatoms. The molecule has 0 saturated carbocycles. The zero-order chi connectivity index (χ0) is 73.2. The fourth-order valence-corrected chi connectivity index (χ4v) is 18.9. The molecule has 0 aliphatic carbocycles. The number of carbonyl (C=O) groups is 4.